The molecule has 0 spiro atoms. The SMILES string of the molecule is Cc1cccc(OCCNC2CSc3ccccc32)c1. The van der Waals surface area contributed by atoms with Crippen molar-refractivity contribution in [1.29, 1.82) is 0 Å². The molecule has 1 aliphatic rings. The molecule has 0 bridgehead atoms. The molecule has 1 heterocycles. The number of ether oxygens (including phenoxy) is 1. The molecule has 3 heteroatoms. The van der Waals surface area contributed by atoms with E-state index >= 15 is 0 Å². The van der Waals surface area contributed by atoms with E-state index in [4.69, 9.17) is 4.74 Å². The first-order valence-corrected chi connectivity index (χ1v) is 7.96. The lowest BCUT2D eigenvalue weighted by atomic mass is 10.1. The van der Waals surface area contributed by atoms with Crippen molar-refractivity contribution < 1.29 is 4.74 Å². The molecule has 0 fully saturated rings. The maximum atomic E-state index is 5.77. The van der Waals surface area contributed by atoms with Gasteiger partial charge >= 0.3 is 0 Å². The molecule has 1 atom stereocenters. The number of hydrogen-bond acceptors (Lipinski definition) is 3. The fourth-order valence-electron chi connectivity index (χ4n) is 2.44. The summed E-state index contributed by atoms with van der Waals surface area (Å²) in [5.41, 5.74) is 2.66. The Bertz CT molecular complexity index is 585. The van der Waals surface area contributed by atoms with Gasteiger partial charge < -0.3 is 10.1 Å². The van der Waals surface area contributed by atoms with Crippen LogP contribution in [0.15, 0.2) is 53.4 Å². The third kappa shape index (κ3) is 3.17. The Morgan fingerprint density at radius 2 is 2.10 bits per heavy atom. The van der Waals surface area contributed by atoms with E-state index < -0.39 is 0 Å². The van der Waals surface area contributed by atoms with Gasteiger partial charge in [-0.3, -0.25) is 0 Å². The summed E-state index contributed by atoms with van der Waals surface area (Å²) in [6.45, 7) is 3.65. The van der Waals surface area contributed by atoms with E-state index in [0.29, 0.717) is 12.6 Å². The second-order valence-corrected chi connectivity index (χ2v) is 6.08. The fourth-order valence-corrected chi connectivity index (χ4v) is 3.63. The molecule has 0 saturated carbocycles. The van der Waals surface area contributed by atoms with Crippen molar-refractivity contribution in [3.8, 4) is 5.75 Å². The number of hydrogen-bond donors (Lipinski definition) is 1. The Balaban J connectivity index is 1.47. The largest absolute Gasteiger partial charge is 0.492 e. The molecule has 20 heavy (non-hydrogen) atoms. The Morgan fingerprint density at radius 1 is 1.20 bits per heavy atom. The maximum absolute atomic E-state index is 5.77. The predicted molar refractivity (Wildman–Crippen MR) is 84.6 cm³/mol. The van der Waals surface area contributed by atoms with Gasteiger partial charge in [-0.25, -0.2) is 0 Å². The number of benzene rings is 2. The zero-order valence-electron chi connectivity index (χ0n) is 11.6. The Hall–Kier alpha value is -1.45. The second kappa shape index (κ2) is 6.33. The van der Waals surface area contributed by atoms with Crippen molar-refractivity contribution in [3.63, 3.8) is 0 Å². The molecule has 2 aromatic carbocycles. The van der Waals surface area contributed by atoms with Crippen LogP contribution in [0, 0.1) is 6.92 Å². The molecule has 3 rings (SSSR count). The van der Waals surface area contributed by atoms with Gasteiger partial charge in [-0.2, -0.15) is 0 Å². The average molecular weight is 285 g/mol. The van der Waals surface area contributed by atoms with E-state index in [2.05, 4.69) is 48.6 Å². The van der Waals surface area contributed by atoms with Crippen molar-refractivity contribution >= 4 is 11.8 Å². The third-order valence-corrected chi connectivity index (χ3v) is 4.63. The highest BCUT2D eigenvalue weighted by molar-refractivity contribution is 7.99. The molecule has 1 unspecified atom stereocenters. The van der Waals surface area contributed by atoms with E-state index in [9.17, 15) is 0 Å². The Morgan fingerprint density at radius 3 is 3.00 bits per heavy atom. The molecule has 0 aliphatic carbocycles. The minimum Gasteiger partial charge on any atom is -0.492 e. The third-order valence-electron chi connectivity index (χ3n) is 3.45. The van der Waals surface area contributed by atoms with Gasteiger partial charge in [-0.15, -0.1) is 11.8 Å². The normalized spacial score (nSPS) is 16.9. The van der Waals surface area contributed by atoms with Gasteiger partial charge in [-0.1, -0.05) is 30.3 Å². The molecule has 0 amide bonds. The van der Waals surface area contributed by atoms with Crippen LogP contribution in [0.3, 0.4) is 0 Å². The standard InChI is InChI=1S/C17H19NOS/c1-13-5-4-6-14(11-13)19-10-9-18-16-12-20-17-8-3-2-7-15(16)17/h2-8,11,16,18H,9-10,12H2,1H3. The van der Waals surface area contributed by atoms with E-state index in [1.54, 1.807) is 0 Å². The van der Waals surface area contributed by atoms with Crippen molar-refractivity contribution in [2.24, 2.45) is 0 Å². The minimum absolute atomic E-state index is 0.456. The number of rotatable bonds is 5. The summed E-state index contributed by atoms with van der Waals surface area (Å²) in [5.74, 6) is 2.07. The molecule has 2 aromatic rings. The first-order valence-electron chi connectivity index (χ1n) is 6.97. The van der Waals surface area contributed by atoms with Crippen LogP contribution in [0.2, 0.25) is 0 Å². The molecule has 2 nitrogen and oxygen atoms in total. The molecular formula is C17H19NOS. The van der Waals surface area contributed by atoms with Crippen LogP contribution in [0.4, 0.5) is 0 Å². The van der Waals surface area contributed by atoms with Gasteiger partial charge in [0.05, 0.1) is 0 Å². The van der Waals surface area contributed by atoms with Gasteiger partial charge in [0.1, 0.15) is 12.4 Å². The number of nitrogens with one attached hydrogen (secondary N) is 1. The monoisotopic (exact) mass is 285 g/mol. The molecule has 0 radical (unpaired) electrons. The first kappa shape index (κ1) is 13.5. The number of aryl methyl sites for hydroxylation is 1. The molecule has 0 saturated heterocycles. The van der Waals surface area contributed by atoms with Crippen LogP contribution >= 0.6 is 11.8 Å². The van der Waals surface area contributed by atoms with E-state index in [0.717, 1.165) is 18.0 Å². The quantitative estimate of drug-likeness (QED) is 0.844. The van der Waals surface area contributed by atoms with Gasteiger partial charge in [0.15, 0.2) is 0 Å². The molecule has 1 aliphatic heterocycles. The van der Waals surface area contributed by atoms with Crippen LogP contribution in [0.5, 0.6) is 5.75 Å². The maximum Gasteiger partial charge on any atom is 0.119 e. The van der Waals surface area contributed by atoms with Crippen molar-refractivity contribution in [2.75, 3.05) is 18.9 Å². The van der Waals surface area contributed by atoms with E-state index in [1.807, 2.05) is 23.9 Å². The smallest absolute Gasteiger partial charge is 0.119 e. The summed E-state index contributed by atoms with van der Waals surface area (Å²) in [7, 11) is 0. The zero-order valence-corrected chi connectivity index (χ0v) is 12.5. The van der Waals surface area contributed by atoms with Crippen LogP contribution < -0.4 is 10.1 Å². The first-order chi connectivity index (χ1) is 9.83. The average Bonchev–Trinajstić information content (AvgIpc) is 2.87. The Labute approximate surface area is 124 Å². The highest BCUT2D eigenvalue weighted by atomic mass is 32.2. The van der Waals surface area contributed by atoms with Gasteiger partial charge in [0.25, 0.3) is 0 Å². The summed E-state index contributed by atoms with van der Waals surface area (Å²) in [6.07, 6.45) is 0. The van der Waals surface area contributed by atoms with Crippen molar-refractivity contribution in [2.45, 2.75) is 17.9 Å². The van der Waals surface area contributed by atoms with E-state index in [-0.39, 0.29) is 0 Å². The fraction of sp³-hybridized carbons (Fsp3) is 0.294. The summed E-state index contributed by atoms with van der Waals surface area (Å²) < 4.78 is 5.77. The summed E-state index contributed by atoms with van der Waals surface area (Å²) in [5, 5.41) is 3.58. The van der Waals surface area contributed by atoms with Crippen LogP contribution in [-0.4, -0.2) is 18.9 Å². The molecule has 0 aromatic heterocycles. The Kier molecular flexibility index (Phi) is 4.28. The van der Waals surface area contributed by atoms with Crippen LogP contribution in [0.25, 0.3) is 0 Å². The van der Waals surface area contributed by atoms with Gasteiger partial charge in [-0.05, 0) is 36.2 Å². The summed E-state index contributed by atoms with van der Waals surface area (Å²) in [6, 6.07) is 17.3. The van der Waals surface area contributed by atoms with Crippen molar-refractivity contribution in [1.82, 2.24) is 5.32 Å². The van der Waals surface area contributed by atoms with Gasteiger partial charge in [0, 0.05) is 23.2 Å². The van der Waals surface area contributed by atoms with Crippen molar-refractivity contribution in [3.05, 3.63) is 59.7 Å². The molecule has 104 valence electrons. The second-order valence-electron chi connectivity index (χ2n) is 5.02. The summed E-state index contributed by atoms with van der Waals surface area (Å²) in [4.78, 5) is 1.41. The number of fused-ring (bicyclic) bond motifs is 1. The lowest BCUT2D eigenvalue weighted by Crippen LogP contribution is -2.26. The molecular weight excluding hydrogens is 266 g/mol. The lowest BCUT2D eigenvalue weighted by molar-refractivity contribution is 0.308. The van der Waals surface area contributed by atoms with Crippen LogP contribution in [0.1, 0.15) is 17.2 Å². The highest BCUT2D eigenvalue weighted by Gasteiger charge is 2.21. The topological polar surface area (TPSA) is 21.3 Å². The van der Waals surface area contributed by atoms with E-state index in [1.165, 1.54) is 16.0 Å². The van der Waals surface area contributed by atoms with Gasteiger partial charge in [0.2, 0.25) is 0 Å². The molecule has 1 N–H and O–H groups in total. The summed E-state index contributed by atoms with van der Waals surface area (Å²) >= 11 is 1.93. The minimum atomic E-state index is 0.456. The number of thioether (sulfide) groups is 1. The van der Waals surface area contributed by atoms with Crippen LogP contribution in [-0.2, 0) is 0 Å². The lowest BCUT2D eigenvalue weighted by Gasteiger charge is -2.14. The zero-order chi connectivity index (χ0) is 13.8. The highest BCUT2D eigenvalue weighted by Crippen LogP contribution is 2.37. The predicted octanol–water partition coefficient (Wildman–Crippen LogP) is 3.81.